The van der Waals surface area contributed by atoms with Crippen LogP contribution in [0.5, 0.6) is 5.75 Å². The first-order valence-corrected chi connectivity index (χ1v) is 14.1. The fourth-order valence-electron chi connectivity index (χ4n) is 4.36. The van der Waals surface area contributed by atoms with Crippen molar-refractivity contribution in [1.82, 2.24) is 10.2 Å². The lowest BCUT2D eigenvalue weighted by molar-refractivity contribution is -0.139. The standard InChI is InChI=1S/C27H34Cl2N2O3S/c1-3-25(27(33)30-21-7-5-4-6-8-21)31(16-19-9-12-22(34-2)13-10-19)26(32)18-35-17-20-11-14-23(28)24(29)15-20/h9-15,21,25H,3-8,16-18H2,1-2H3,(H,30,33)/t25-/m1/s1. The minimum atomic E-state index is -0.517. The Morgan fingerprint density at radius 3 is 2.37 bits per heavy atom. The molecule has 1 saturated carbocycles. The number of thioether (sulfide) groups is 1. The van der Waals surface area contributed by atoms with E-state index >= 15 is 0 Å². The van der Waals surface area contributed by atoms with E-state index in [1.165, 1.54) is 18.2 Å². The average molecular weight is 538 g/mol. The molecular weight excluding hydrogens is 503 g/mol. The third-order valence-electron chi connectivity index (χ3n) is 6.33. The maximum atomic E-state index is 13.4. The summed E-state index contributed by atoms with van der Waals surface area (Å²) in [5.41, 5.74) is 1.96. The summed E-state index contributed by atoms with van der Waals surface area (Å²) in [6.45, 7) is 2.33. The van der Waals surface area contributed by atoms with E-state index in [0.29, 0.717) is 28.8 Å². The van der Waals surface area contributed by atoms with Gasteiger partial charge in [0.25, 0.3) is 0 Å². The van der Waals surface area contributed by atoms with Crippen molar-refractivity contribution in [2.24, 2.45) is 0 Å². The van der Waals surface area contributed by atoms with E-state index in [4.69, 9.17) is 27.9 Å². The zero-order chi connectivity index (χ0) is 25.2. The molecule has 1 aliphatic carbocycles. The Balaban J connectivity index is 1.70. The molecule has 0 saturated heterocycles. The van der Waals surface area contributed by atoms with Gasteiger partial charge in [-0.2, -0.15) is 0 Å². The highest BCUT2D eigenvalue weighted by atomic mass is 35.5. The quantitative estimate of drug-likeness (QED) is 0.356. The summed E-state index contributed by atoms with van der Waals surface area (Å²) in [6, 6.07) is 12.8. The summed E-state index contributed by atoms with van der Waals surface area (Å²) in [7, 11) is 1.62. The molecule has 2 aromatic rings. The van der Waals surface area contributed by atoms with Crippen molar-refractivity contribution in [3.63, 3.8) is 0 Å². The molecular formula is C27H34Cl2N2O3S. The van der Waals surface area contributed by atoms with Crippen LogP contribution in [0.1, 0.15) is 56.6 Å². The Bertz CT molecular complexity index is 981. The number of hydrogen-bond donors (Lipinski definition) is 1. The molecule has 2 aromatic carbocycles. The van der Waals surface area contributed by atoms with E-state index in [-0.39, 0.29) is 23.6 Å². The van der Waals surface area contributed by atoms with Gasteiger partial charge in [0.1, 0.15) is 11.8 Å². The normalized spacial score (nSPS) is 14.9. The van der Waals surface area contributed by atoms with Crippen LogP contribution in [-0.4, -0.2) is 41.7 Å². The molecule has 5 nitrogen and oxygen atoms in total. The predicted octanol–water partition coefficient (Wildman–Crippen LogP) is 6.49. The summed E-state index contributed by atoms with van der Waals surface area (Å²) >= 11 is 13.6. The summed E-state index contributed by atoms with van der Waals surface area (Å²) < 4.78 is 5.26. The molecule has 3 rings (SSSR count). The van der Waals surface area contributed by atoms with Crippen LogP contribution in [0.15, 0.2) is 42.5 Å². The molecule has 0 heterocycles. The summed E-state index contributed by atoms with van der Waals surface area (Å²) in [5.74, 6) is 1.53. The number of nitrogens with one attached hydrogen (secondary N) is 1. The van der Waals surface area contributed by atoms with Crippen LogP contribution < -0.4 is 10.1 Å². The maximum absolute atomic E-state index is 13.4. The molecule has 1 aliphatic rings. The van der Waals surface area contributed by atoms with E-state index in [2.05, 4.69) is 5.32 Å². The number of carbonyl (C=O) groups excluding carboxylic acids is 2. The molecule has 190 valence electrons. The monoisotopic (exact) mass is 536 g/mol. The number of halogens is 2. The Kier molecular flexibility index (Phi) is 11.1. The van der Waals surface area contributed by atoms with Crippen LogP contribution in [0.4, 0.5) is 0 Å². The molecule has 1 atom stereocenters. The largest absolute Gasteiger partial charge is 0.497 e. The van der Waals surface area contributed by atoms with E-state index in [9.17, 15) is 9.59 Å². The van der Waals surface area contributed by atoms with Gasteiger partial charge in [0.2, 0.25) is 11.8 Å². The first kappa shape index (κ1) is 27.7. The Hall–Kier alpha value is -1.89. The van der Waals surface area contributed by atoms with Crippen molar-refractivity contribution >= 4 is 46.8 Å². The third kappa shape index (κ3) is 8.33. The van der Waals surface area contributed by atoms with Crippen LogP contribution in [0.3, 0.4) is 0 Å². The summed E-state index contributed by atoms with van der Waals surface area (Å²) in [5, 5.41) is 4.23. The number of amides is 2. The smallest absolute Gasteiger partial charge is 0.243 e. The fraction of sp³-hybridized carbons (Fsp3) is 0.481. The average Bonchev–Trinajstić information content (AvgIpc) is 2.87. The number of nitrogens with zero attached hydrogens (tertiary/aromatic N) is 1. The van der Waals surface area contributed by atoms with Gasteiger partial charge in [0.05, 0.1) is 22.9 Å². The number of rotatable bonds is 11. The fourth-order valence-corrected chi connectivity index (χ4v) is 5.54. The van der Waals surface area contributed by atoms with Crippen LogP contribution in [-0.2, 0) is 21.9 Å². The van der Waals surface area contributed by atoms with Gasteiger partial charge in [-0.15, -0.1) is 11.8 Å². The second-order valence-electron chi connectivity index (χ2n) is 8.88. The molecule has 8 heteroatoms. The molecule has 1 N–H and O–H groups in total. The zero-order valence-corrected chi connectivity index (χ0v) is 22.7. The van der Waals surface area contributed by atoms with E-state index in [0.717, 1.165) is 42.6 Å². The number of hydrogen-bond acceptors (Lipinski definition) is 4. The first-order chi connectivity index (χ1) is 16.9. The summed E-state index contributed by atoms with van der Waals surface area (Å²) in [6.07, 6.45) is 6.07. The maximum Gasteiger partial charge on any atom is 0.243 e. The van der Waals surface area contributed by atoms with Crippen LogP contribution in [0.2, 0.25) is 10.0 Å². The lowest BCUT2D eigenvalue weighted by Crippen LogP contribution is -2.52. The van der Waals surface area contributed by atoms with E-state index in [1.54, 1.807) is 18.1 Å². The molecule has 0 spiro atoms. The highest BCUT2D eigenvalue weighted by Crippen LogP contribution is 2.25. The minimum Gasteiger partial charge on any atom is -0.497 e. The van der Waals surface area contributed by atoms with Crippen molar-refractivity contribution in [3.05, 3.63) is 63.6 Å². The van der Waals surface area contributed by atoms with Crippen molar-refractivity contribution in [2.75, 3.05) is 12.9 Å². The van der Waals surface area contributed by atoms with Crippen molar-refractivity contribution in [1.29, 1.82) is 0 Å². The van der Waals surface area contributed by atoms with Gasteiger partial charge >= 0.3 is 0 Å². The second kappa shape index (κ2) is 14.0. The number of benzene rings is 2. The van der Waals surface area contributed by atoms with Gasteiger partial charge in [-0.05, 0) is 54.7 Å². The van der Waals surface area contributed by atoms with Crippen LogP contribution in [0, 0.1) is 0 Å². The van der Waals surface area contributed by atoms with Crippen molar-refractivity contribution in [2.45, 2.75) is 69.8 Å². The van der Waals surface area contributed by atoms with Gasteiger partial charge in [0, 0.05) is 18.3 Å². The summed E-state index contributed by atoms with van der Waals surface area (Å²) in [4.78, 5) is 28.4. The number of carbonyl (C=O) groups is 2. The van der Waals surface area contributed by atoms with E-state index < -0.39 is 6.04 Å². The molecule has 2 amide bonds. The first-order valence-electron chi connectivity index (χ1n) is 12.2. The zero-order valence-electron chi connectivity index (χ0n) is 20.4. The lowest BCUT2D eigenvalue weighted by atomic mass is 9.95. The molecule has 0 aromatic heterocycles. The van der Waals surface area contributed by atoms with Crippen molar-refractivity contribution in [3.8, 4) is 5.75 Å². The molecule has 0 aliphatic heterocycles. The Labute approximate surface area is 222 Å². The molecule has 0 radical (unpaired) electrons. The number of ether oxygens (including phenoxy) is 1. The van der Waals surface area contributed by atoms with Crippen LogP contribution >= 0.6 is 35.0 Å². The van der Waals surface area contributed by atoms with Gasteiger partial charge < -0.3 is 15.0 Å². The Morgan fingerprint density at radius 1 is 1.06 bits per heavy atom. The SMILES string of the molecule is CC[C@H](C(=O)NC1CCCCC1)N(Cc1ccc(OC)cc1)C(=O)CSCc1ccc(Cl)c(Cl)c1. The van der Waals surface area contributed by atoms with Gasteiger partial charge in [-0.1, -0.05) is 67.6 Å². The highest BCUT2D eigenvalue weighted by molar-refractivity contribution is 7.99. The van der Waals surface area contributed by atoms with Crippen molar-refractivity contribution < 1.29 is 14.3 Å². The van der Waals surface area contributed by atoms with Crippen LogP contribution in [0.25, 0.3) is 0 Å². The molecule has 35 heavy (non-hydrogen) atoms. The lowest BCUT2D eigenvalue weighted by Gasteiger charge is -2.32. The second-order valence-corrected chi connectivity index (χ2v) is 10.7. The predicted molar refractivity (Wildman–Crippen MR) is 145 cm³/mol. The van der Waals surface area contributed by atoms with Gasteiger partial charge in [0.15, 0.2) is 0 Å². The molecule has 1 fully saturated rings. The van der Waals surface area contributed by atoms with E-state index in [1.807, 2.05) is 43.3 Å². The molecule has 0 bridgehead atoms. The molecule has 0 unspecified atom stereocenters. The van der Waals surface area contributed by atoms with Gasteiger partial charge in [-0.25, -0.2) is 0 Å². The minimum absolute atomic E-state index is 0.0588. The third-order valence-corrected chi connectivity index (χ3v) is 8.06. The highest BCUT2D eigenvalue weighted by Gasteiger charge is 2.30. The topological polar surface area (TPSA) is 58.6 Å². The Morgan fingerprint density at radius 2 is 1.74 bits per heavy atom. The van der Waals surface area contributed by atoms with Gasteiger partial charge in [-0.3, -0.25) is 9.59 Å². The number of methoxy groups -OCH3 is 1.